The summed E-state index contributed by atoms with van der Waals surface area (Å²) in [6, 6.07) is 0. The zero-order chi connectivity index (χ0) is 17.2. The van der Waals surface area contributed by atoms with Crippen molar-refractivity contribution >= 4 is 39.2 Å². The molecule has 1 amide bonds. The molecule has 0 aromatic carbocycles. The zero-order valence-electron chi connectivity index (χ0n) is 14.4. The molecule has 2 aromatic rings. The van der Waals surface area contributed by atoms with E-state index in [-0.39, 0.29) is 12.0 Å². The van der Waals surface area contributed by atoms with E-state index in [0.717, 1.165) is 48.1 Å². The lowest BCUT2D eigenvalue weighted by Gasteiger charge is -2.18. The van der Waals surface area contributed by atoms with Gasteiger partial charge in [-0.3, -0.25) is 4.79 Å². The van der Waals surface area contributed by atoms with Gasteiger partial charge in [0.15, 0.2) is 0 Å². The highest BCUT2D eigenvalue weighted by molar-refractivity contribution is 8.00. The first-order valence-corrected chi connectivity index (χ1v) is 10.8. The first kappa shape index (κ1) is 17.2. The Morgan fingerprint density at radius 2 is 2.36 bits per heavy atom. The van der Waals surface area contributed by atoms with E-state index in [2.05, 4.69) is 22.2 Å². The Bertz CT molecular complexity index is 771. The second kappa shape index (κ2) is 7.60. The predicted octanol–water partition coefficient (Wildman–Crippen LogP) is 3.20. The summed E-state index contributed by atoms with van der Waals surface area (Å²) in [6.45, 7) is 3.74. The molecule has 1 fully saturated rings. The lowest BCUT2D eigenvalue weighted by Crippen LogP contribution is -2.32. The summed E-state index contributed by atoms with van der Waals surface area (Å²) in [4.78, 5) is 23.6. The summed E-state index contributed by atoms with van der Waals surface area (Å²) in [5.41, 5.74) is 1.42. The lowest BCUT2D eigenvalue weighted by atomic mass is 9.89. The number of nitrogens with one attached hydrogen (secondary N) is 1. The van der Waals surface area contributed by atoms with Gasteiger partial charge in [0.2, 0.25) is 5.91 Å². The second-order valence-corrected chi connectivity index (χ2v) is 8.99. The number of aromatic nitrogens is 2. The number of carbonyl (C=O) groups excluding carboxylic acids is 1. The van der Waals surface area contributed by atoms with E-state index in [0.29, 0.717) is 12.3 Å². The van der Waals surface area contributed by atoms with Gasteiger partial charge in [-0.15, -0.1) is 11.3 Å². The van der Waals surface area contributed by atoms with Crippen molar-refractivity contribution in [3.05, 3.63) is 16.8 Å². The monoisotopic (exact) mass is 377 g/mol. The minimum absolute atomic E-state index is 0.0463. The summed E-state index contributed by atoms with van der Waals surface area (Å²) in [6.07, 6.45) is 7.41. The van der Waals surface area contributed by atoms with Crippen LogP contribution < -0.4 is 5.32 Å². The Balaban J connectivity index is 1.43. The molecule has 0 saturated carbocycles. The minimum Gasteiger partial charge on any atom is -0.376 e. The van der Waals surface area contributed by atoms with Gasteiger partial charge in [0.05, 0.1) is 11.9 Å². The van der Waals surface area contributed by atoms with Gasteiger partial charge < -0.3 is 10.1 Å². The molecular formula is C18H23N3O2S2. The van der Waals surface area contributed by atoms with Crippen molar-refractivity contribution in [1.82, 2.24) is 15.3 Å². The van der Waals surface area contributed by atoms with Crippen molar-refractivity contribution in [2.24, 2.45) is 5.92 Å². The maximum Gasteiger partial charge on any atom is 0.230 e. The van der Waals surface area contributed by atoms with Crippen LogP contribution in [0.25, 0.3) is 10.2 Å². The maximum absolute atomic E-state index is 12.2. The van der Waals surface area contributed by atoms with Crippen LogP contribution in [0.3, 0.4) is 0 Å². The number of thiophene rings is 1. The van der Waals surface area contributed by atoms with Gasteiger partial charge in [-0.25, -0.2) is 9.97 Å². The van der Waals surface area contributed by atoms with E-state index in [9.17, 15) is 4.79 Å². The quantitative estimate of drug-likeness (QED) is 0.640. The smallest absolute Gasteiger partial charge is 0.230 e. The summed E-state index contributed by atoms with van der Waals surface area (Å²) < 4.78 is 5.54. The molecule has 0 bridgehead atoms. The largest absolute Gasteiger partial charge is 0.376 e. The van der Waals surface area contributed by atoms with Gasteiger partial charge in [0, 0.05) is 23.4 Å². The third kappa shape index (κ3) is 3.83. The molecule has 2 atom stereocenters. The number of ether oxygens (including phenoxy) is 1. The average Bonchev–Trinajstić information content (AvgIpc) is 3.24. The Morgan fingerprint density at radius 3 is 3.20 bits per heavy atom. The highest BCUT2D eigenvalue weighted by Gasteiger charge is 2.23. The molecule has 1 aliphatic carbocycles. The topological polar surface area (TPSA) is 64.1 Å². The number of carbonyl (C=O) groups is 1. The highest BCUT2D eigenvalue weighted by atomic mass is 32.2. The van der Waals surface area contributed by atoms with Crippen molar-refractivity contribution < 1.29 is 9.53 Å². The predicted molar refractivity (Wildman–Crippen MR) is 101 cm³/mol. The molecule has 134 valence electrons. The van der Waals surface area contributed by atoms with E-state index in [1.807, 2.05) is 0 Å². The van der Waals surface area contributed by atoms with E-state index >= 15 is 0 Å². The Kier molecular flexibility index (Phi) is 5.24. The van der Waals surface area contributed by atoms with Crippen molar-refractivity contribution in [1.29, 1.82) is 0 Å². The summed E-state index contributed by atoms with van der Waals surface area (Å²) in [5, 5.41) is 5.11. The number of thioether (sulfide) groups is 1. The SMILES string of the molecule is C[C@@H]1CCc2c(sc3ncnc(SCC(=O)NC[C@H]4CCCO4)c23)C1. The molecule has 0 unspecified atom stereocenters. The van der Waals surface area contributed by atoms with Crippen LogP contribution in [-0.2, 0) is 22.4 Å². The van der Waals surface area contributed by atoms with Gasteiger partial charge in [-0.1, -0.05) is 18.7 Å². The molecule has 3 heterocycles. The average molecular weight is 378 g/mol. The summed E-state index contributed by atoms with van der Waals surface area (Å²) >= 11 is 3.32. The molecule has 5 nitrogen and oxygen atoms in total. The van der Waals surface area contributed by atoms with Crippen molar-refractivity contribution in [3.8, 4) is 0 Å². The van der Waals surface area contributed by atoms with Gasteiger partial charge in [0.1, 0.15) is 16.2 Å². The fourth-order valence-corrected chi connectivity index (χ4v) is 5.84. The number of rotatable bonds is 5. The molecule has 1 N–H and O–H groups in total. The van der Waals surface area contributed by atoms with E-state index in [1.165, 1.54) is 34.0 Å². The standard InChI is InChI=1S/C18H23N3O2S2/c1-11-4-5-13-14(7-11)25-18-16(13)17(20-10-21-18)24-9-15(22)19-8-12-3-2-6-23-12/h10-12H,2-9H2,1H3,(H,19,22)/t11-,12-/m1/s1. The molecule has 1 aliphatic heterocycles. The number of amides is 1. The first-order valence-electron chi connectivity index (χ1n) is 8.97. The third-order valence-corrected chi connectivity index (χ3v) is 7.10. The fourth-order valence-electron chi connectivity index (χ4n) is 3.57. The van der Waals surface area contributed by atoms with Gasteiger partial charge in [-0.05, 0) is 43.6 Å². The van der Waals surface area contributed by atoms with Crippen LogP contribution in [0.5, 0.6) is 0 Å². The van der Waals surface area contributed by atoms with Crippen LogP contribution in [0.15, 0.2) is 11.4 Å². The molecule has 0 radical (unpaired) electrons. The molecule has 0 spiro atoms. The van der Waals surface area contributed by atoms with Crippen LogP contribution in [0, 0.1) is 5.92 Å². The molecular weight excluding hydrogens is 354 g/mol. The molecule has 2 aliphatic rings. The van der Waals surface area contributed by atoms with Crippen molar-refractivity contribution in [3.63, 3.8) is 0 Å². The molecule has 25 heavy (non-hydrogen) atoms. The van der Waals surface area contributed by atoms with Gasteiger partial charge in [0.25, 0.3) is 0 Å². The van der Waals surface area contributed by atoms with E-state index < -0.39 is 0 Å². The van der Waals surface area contributed by atoms with E-state index in [1.54, 1.807) is 17.7 Å². The highest BCUT2D eigenvalue weighted by Crippen LogP contribution is 2.40. The Morgan fingerprint density at radius 1 is 1.44 bits per heavy atom. The molecule has 1 saturated heterocycles. The van der Waals surface area contributed by atoms with Crippen LogP contribution in [0.1, 0.15) is 36.6 Å². The zero-order valence-corrected chi connectivity index (χ0v) is 16.0. The molecule has 4 rings (SSSR count). The van der Waals surface area contributed by atoms with Crippen molar-refractivity contribution in [2.45, 2.75) is 50.2 Å². The van der Waals surface area contributed by atoms with Gasteiger partial charge in [-0.2, -0.15) is 0 Å². The molecule has 2 aromatic heterocycles. The maximum atomic E-state index is 12.2. The molecule has 7 heteroatoms. The van der Waals surface area contributed by atoms with Crippen LogP contribution in [0.4, 0.5) is 0 Å². The second-order valence-electron chi connectivity index (χ2n) is 6.94. The number of hydrogen-bond acceptors (Lipinski definition) is 6. The number of hydrogen-bond donors (Lipinski definition) is 1. The summed E-state index contributed by atoms with van der Waals surface area (Å²) in [5.74, 6) is 1.18. The number of aryl methyl sites for hydroxylation is 1. The number of fused-ring (bicyclic) bond motifs is 3. The Hall–Kier alpha value is -1.18. The van der Waals surface area contributed by atoms with Crippen molar-refractivity contribution in [2.75, 3.05) is 18.9 Å². The number of nitrogens with zero attached hydrogens (tertiary/aromatic N) is 2. The van der Waals surface area contributed by atoms with Crippen LogP contribution in [-0.4, -0.2) is 40.9 Å². The minimum atomic E-state index is 0.0463. The normalized spacial score (nSPS) is 22.9. The van der Waals surface area contributed by atoms with Gasteiger partial charge >= 0.3 is 0 Å². The Labute approximate surface area is 156 Å². The first-order chi connectivity index (χ1) is 12.2. The third-order valence-electron chi connectivity index (χ3n) is 4.95. The summed E-state index contributed by atoms with van der Waals surface area (Å²) in [7, 11) is 0. The van der Waals surface area contributed by atoms with E-state index in [4.69, 9.17) is 4.74 Å². The van der Waals surface area contributed by atoms with Crippen LogP contribution in [0.2, 0.25) is 0 Å². The lowest BCUT2D eigenvalue weighted by molar-refractivity contribution is -0.119. The van der Waals surface area contributed by atoms with Crippen LogP contribution >= 0.6 is 23.1 Å². The fraction of sp³-hybridized carbons (Fsp3) is 0.611.